The minimum absolute atomic E-state index is 0.0157. The maximum atomic E-state index is 12.5. The van der Waals surface area contributed by atoms with E-state index in [9.17, 15) is 14.7 Å². The molecular formula is C17H24N2O4. The average molecular weight is 320 g/mol. The van der Waals surface area contributed by atoms with Gasteiger partial charge in [-0.25, -0.2) is 0 Å². The third-order valence-corrected chi connectivity index (χ3v) is 4.21. The second kappa shape index (κ2) is 7.97. The number of ether oxygens (including phenoxy) is 1. The number of carboxylic acid groups (broad SMARTS) is 1. The molecule has 1 aromatic rings. The van der Waals surface area contributed by atoms with Crippen molar-refractivity contribution in [1.29, 1.82) is 0 Å². The lowest BCUT2D eigenvalue weighted by atomic mass is 10.2. The maximum Gasteiger partial charge on any atom is 0.320 e. The van der Waals surface area contributed by atoms with Crippen molar-refractivity contribution in [3.63, 3.8) is 0 Å². The van der Waals surface area contributed by atoms with Crippen molar-refractivity contribution in [3.8, 4) is 5.75 Å². The molecule has 6 heteroatoms. The standard InChI is InChI=1S/C17H24N2O4/c1-3-15(17(21)22)18-9-4-10-19(16(20)12-18)11-13-5-7-14(23-2)8-6-13/h5-8,15H,3-4,9-12H2,1-2H3,(H,21,22). The van der Waals surface area contributed by atoms with Crippen molar-refractivity contribution < 1.29 is 19.4 Å². The molecule has 0 bridgehead atoms. The van der Waals surface area contributed by atoms with Crippen molar-refractivity contribution >= 4 is 11.9 Å². The molecule has 1 aromatic carbocycles. The van der Waals surface area contributed by atoms with Crippen LogP contribution in [0.4, 0.5) is 0 Å². The van der Waals surface area contributed by atoms with Crippen LogP contribution in [0.1, 0.15) is 25.3 Å². The quantitative estimate of drug-likeness (QED) is 0.862. The maximum absolute atomic E-state index is 12.5. The lowest BCUT2D eigenvalue weighted by Gasteiger charge is -2.26. The smallest absolute Gasteiger partial charge is 0.320 e. The lowest BCUT2D eigenvalue weighted by molar-refractivity contribution is -0.144. The summed E-state index contributed by atoms with van der Waals surface area (Å²) in [6.07, 6.45) is 1.28. The summed E-state index contributed by atoms with van der Waals surface area (Å²) in [5.41, 5.74) is 1.04. The van der Waals surface area contributed by atoms with Gasteiger partial charge in [-0.3, -0.25) is 14.5 Å². The van der Waals surface area contributed by atoms with Crippen LogP contribution in [0.3, 0.4) is 0 Å². The van der Waals surface area contributed by atoms with Crippen LogP contribution in [-0.2, 0) is 16.1 Å². The van der Waals surface area contributed by atoms with E-state index in [1.54, 1.807) is 16.9 Å². The van der Waals surface area contributed by atoms with Crippen molar-refractivity contribution in [2.24, 2.45) is 0 Å². The largest absolute Gasteiger partial charge is 0.497 e. The summed E-state index contributed by atoms with van der Waals surface area (Å²) in [4.78, 5) is 27.3. The van der Waals surface area contributed by atoms with Crippen LogP contribution >= 0.6 is 0 Å². The first-order valence-corrected chi connectivity index (χ1v) is 7.92. The number of aliphatic carboxylic acids is 1. The number of methoxy groups -OCH3 is 1. The fraction of sp³-hybridized carbons (Fsp3) is 0.529. The molecule has 0 spiro atoms. The Balaban J connectivity index is 2.01. The molecule has 2 rings (SSSR count). The normalized spacial score (nSPS) is 17.7. The Morgan fingerprint density at radius 1 is 1.30 bits per heavy atom. The molecule has 1 fully saturated rings. The molecule has 1 atom stereocenters. The van der Waals surface area contributed by atoms with Crippen molar-refractivity contribution in [2.75, 3.05) is 26.7 Å². The van der Waals surface area contributed by atoms with Gasteiger partial charge in [0.25, 0.3) is 0 Å². The topological polar surface area (TPSA) is 70.1 Å². The van der Waals surface area contributed by atoms with E-state index in [1.165, 1.54) is 0 Å². The fourth-order valence-electron chi connectivity index (χ4n) is 2.92. The minimum atomic E-state index is -0.857. The number of hydrogen-bond acceptors (Lipinski definition) is 4. The second-order valence-corrected chi connectivity index (χ2v) is 5.75. The van der Waals surface area contributed by atoms with E-state index in [0.29, 0.717) is 26.1 Å². The van der Waals surface area contributed by atoms with Crippen LogP contribution in [0.15, 0.2) is 24.3 Å². The number of nitrogens with zero attached hydrogens (tertiary/aromatic N) is 2. The zero-order chi connectivity index (χ0) is 16.8. The summed E-state index contributed by atoms with van der Waals surface area (Å²) >= 11 is 0. The summed E-state index contributed by atoms with van der Waals surface area (Å²) in [6.45, 7) is 3.83. The van der Waals surface area contributed by atoms with Gasteiger partial charge in [0.05, 0.1) is 13.7 Å². The van der Waals surface area contributed by atoms with E-state index < -0.39 is 12.0 Å². The van der Waals surface area contributed by atoms with E-state index in [2.05, 4.69) is 0 Å². The molecule has 0 aliphatic carbocycles. The first-order chi connectivity index (χ1) is 11.0. The summed E-state index contributed by atoms with van der Waals surface area (Å²) in [6, 6.07) is 7.06. The van der Waals surface area contributed by atoms with Crippen LogP contribution in [0, 0.1) is 0 Å². The molecule has 1 aliphatic heterocycles. The highest BCUT2D eigenvalue weighted by atomic mass is 16.5. The van der Waals surface area contributed by atoms with Crippen LogP contribution in [0.2, 0.25) is 0 Å². The summed E-state index contributed by atoms with van der Waals surface area (Å²) in [5.74, 6) is -0.0868. The molecule has 6 nitrogen and oxygen atoms in total. The molecule has 0 aromatic heterocycles. The zero-order valence-corrected chi connectivity index (χ0v) is 13.7. The monoisotopic (exact) mass is 320 g/mol. The third-order valence-electron chi connectivity index (χ3n) is 4.21. The first kappa shape index (κ1) is 17.3. The van der Waals surface area contributed by atoms with E-state index in [-0.39, 0.29) is 12.5 Å². The molecule has 1 saturated heterocycles. The van der Waals surface area contributed by atoms with Gasteiger partial charge in [-0.15, -0.1) is 0 Å². The van der Waals surface area contributed by atoms with Gasteiger partial charge in [0.1, 0.15) is 11.8 Å². The molecule has 1 heterocycles. The number of hydrogen-bond donors (Lipinski definition) is 1. The first-order valence-electron chi connectivity index (χ1n) is 7.92. The Kier molecular flexibility index (Phi) is 5.98. The predicted molar refractivity (Wildman–Crippen MR) is 86.3 cm³/mol. The number of rotatable bonds is 6. The zero-order valence-electron chi connectivity index (χ0n) is 13.7. The minimum Gasteiger partial charge on any atom is -0.497 e. The van der Waals surface area contributed by atoms with Crippen molar-refractivity contribution in [2.45, 2.75) is 32.4 Å². The van der Waals surface area contributed by atoms with Crippen molar-refractivity contribution in [1.82, 2.24) is 9.80 Å². The van der Waals surface area contributed by atoms with Crippen molar-refractivity contribution in [3.05, 3.63) is 29.8 Å². The van der Waals surface area contributed by atoms with Gasteiger partial charge in [0.2, 0.25) is 5.91 Å². The highest BCUT2D eigenvalue weighted by Crippen LogP contribution is 2.16. The summed E-state index contributed by atoms with van der Waals surface area (Å²) in [5, 5.41) is 9.28. The molecule has 1 amide bonds. The molecule has 0 saturated carbocycles. The number of amides is 1. The molecule has 126 valence electrons. The Labute approximate surface area is 136 Å². The lowest BCUT2D eigenvalue weighted by Crippen LogP contribution is -2.44. The van der Waals surface area contributed by atoms with Gasteiger partial charge in [-0.2, -0.15) is 0 Å². The summed E-state index contributed by atoms with van der Waals surface area (Å²) < 4.78 is 5.13. The fourth-order valence-corrected chi connectivity index (χ4v) is 2.92. The Morgan fingerprint density at radius 3 is 2.57 bits per heavy atom. The number of carboxylic acids is 1. The third kappa shape index (κ3) is 4.45. The Hall–Kier alpha value is -2.08. The van der Waals surface area contributed by atoms with Crippen LogP contribution in [0.5, 0.6) is 5.75 Å². The second-order valence-electron chi connectivity index (χ2n) is 5.75. The highest BCUT2D eigenvalue weighted by Gasteiger charge is 2.29. The van der Waals surface area contributed by atoms with E-state index in [0.717, 1.165) is 17.7 Å². The van der Waals surface area contributed by atoms with Crippen LogP contribution < -0.4 is 4.74 Å². The number of benzene rings is 1. The van der Waals surface area contributed by atoms with Crippen LogP contribution in [-0.4, -0.2) is 59.6 Å². The average Bonchev–Trinajstić information content (AvgIpc) is 2.71. The van der Waals surface area contributed by atoms with Gasteiger partial charge >= 0.3 is 5.97 Å². The van der Waals surface area contributed by atoms with Gasteiger partial charge in [-0.05, 0) is 30.5 Å². The van der Waals surface area contributed by atoms with E-state index in [4.69, 9.17) is 4.74 Å². The Bertz CT molecular complexity index is 544. The Morgan fingerprint density at radius 2 is 2.00 bits per heavy atom. The van der Waals surface area contributed by atoms with E-state index >= 15 is 0 Å². The highest BCUT2D eigenvalue weighted by molar-refractivity contribution is 5.80. The molecule has 1 unspecified atom stereocenters. The van der Waals surface area contributed by atoms with Gasteiger partial charge in [0.15, 0.2) is 0 Å². The van der Waals surface area contributed by atoms with Gasteiger partial charge in [0, 0.05) is 19.6 Å². The summed E-state index contributed by atoms with van der Waals surface area (Å²) in [7, 11) is 1.62. The van der Waals surface area contributed by atoms with Crippen LogP contribution in [0.25, 0.3) is 0 Å². The number of carbonyl (C=O) groups excluding carboxylic acids is 1. The SMILES string of the molecule is CCC(C(=O)O)N1CCCN(Cc2ccc(OC)cc2)C(=O)C1. The molecule has 0 radical (unpaired) electrons. The molecule has 1 N–H and O–H groups in total. The van der Waals surface area contributed by atoms with E-state index in [1.807, 2.05) is 31.2 Å². The predicted octanol–water partition coefficient (Wildman–Crippen LogP) is 1.59. The number of carbonyl (C=O) groups is 2. The van der Waals surface area contributed by atoms with Gasteiger partial charge < -0.3 is 14.7 Å². The molecule has 23 heavy (non-hydrogen) atoms. The van der Waals surface area contributed by atoms with Gasteiger partial charge in [-0.1, -0.05) is 19.1 Å². The molecule has 1 aliphatic rings. The molecular weight excluding hydrogens is 296 g/mol.